The number of thiazole rings is 1. The largest absolute Gasteiger partial charge is 0.362 e. The van der Waals surface area contributed by atoms with Gasteiger partial charge in [-0.05, 0) is 24.6 Å². The molecule has 5 nitrogen and oxygen atoms in total. The van der Waals surface area contributed by atoms with Crippen molar-refractivity contribution in [3.63, 3.8) is 0 Å². The third-order valence-corrected chi connectivity index (χ3v) is 6.14. The fourth-order valence-corrected chi connectivity index (χ4v) is 4.70. The molecule has 1 aliphatic heterocycles. The van der Waals surface area contributed by atoms with E-state index in [1.807, 2.05) is 36.4 Å². The third kappa shape index (κ3) is 5.02. The summed E-state index contributed by atoms with van der Waals surface area (Å²) < 4.78 is 0. The number of nitrogens with zero attached hydrogens (tertiary/aromatic N) is 3. The van der Waals surface area contributed by atoms with Gasteiger partial charge >= 0.3 is 0 Å². The molecule has 1 aromatic heterocycles. The van der Waals surface area contributed by atoms with Gasteiger partial charge in [0, 0.05) is 43.2 Å². The van der Waals surface area contributed by atoms with Crippen LogP contribution in [0.15, 0.2) is 60.7 Å². The Balaban J connectivity index is 1.36. The van der Waals surface area contributed by atoms with Crippen LogP contribution in [0.3, 0.4) is 0 Å². The zero-order valence-corrected chi connectivity index (χ0v) is 17.5. The maximum atomic E-state index is 12.6. The van der Waals surface area contributed by atoms with Crippen LogP contribution in [-0.2, 0) is 24.3 Å². The normalized spacial score (nSPS) is 13.7. The van der Waals surface area contributed by atoms with Crippen LogP contribution >= 0.6 is 11.3 Å². The van der Waals surface area contributed by atoms with Crippen LogP contribution in [0.1, 0.15) is 23.1 Å². The first-order valence-electron chi connectivity index (χ1n) is 10.1. The van der Waals surface area contributed by atoms with Crippen molar-refractivity contribution in [1.29, 1.82) is 0 Å². The fraction of sp³-hybridized carbons (Fsp3) is 0.304. The van der Waals surface area contributed by atoms with E-state index in [4.69, 9.17) is 0 Å². The van der Waals surface area contributed by atoms with Gasteiger partial charge in [-0.3, -0.25) is 9.69 Å². The number of amides is 1. The van der Waals surface area contributed by atoms with E-state index in [0.29, 0.717) is 11.7 Å². The lowest BCUT2D eigenvalue weighted by Crippen LogP contribution is -2.33. The van der Waals surface area contributed by atoms with Crippen LogP contribution in [-0.4, -0.2) is 35.4 Å². The predicted molar refractivity (Wildman–Crippen MR) is 119 cm³/mol. The summed E-state index contributed by atoms with van der Waals surface area (Å²) in [6.45, 7) is 6.00. The molecule has 6 heteroatoms. The van der Waals surface area contributed by atoms with Crippen molar-refractivity contribution < 1.29 is 4.79 Å². The first kappa shape index (κ1) is 19.6. The van der Waals surface area contributed by atoms with Crippen molar-refractivity contribution in [1.82, 2.24) is 9.88 Å². The minimum absolute atomic E-state index is 0.0251. The van der Waals surface area contributed by atoms with Gasteiger partial charge in [0.15, 0.2) is 5.13 Å². The van der Waals surface area contributed by atoms with Gasteiger partial charge < -0.3 is 10.2 Å². The van der Waals surface area contributed by atoms with Crippen molar-refractivity contribution in [2.75, 3.05) is 29.9 Å². The lowest BCUT2D eigenvalue weighted by atomic mass is 10.1. The monoisotopic (exact) mass is 406 g/mol. The van der Waals surface area contributed by atoms with Crippen LogP contribution < -0.4 is 10.2 Å². The van der Waals surface area contributed by atoms with Gasteiger partial charge in [-0.25, -0.2) is 4.98 Å². The van der Waals surface area contributed by atoms with Crippen LogP contribution in [0.2, 0.25) is 0 Å². The molecule has 0 aliphatic carbocycles. The van der Waals surface area contributed by atoms with Crippen molar-refractivity contribution in [2.45, 2.75) is 26.4 Å². The number of hydrogen-bond acceptors (Lipinski definition) is 5. The number of nitrogens with one attached hydrogen (secondary N) is 1. The Morgan fingerprint density at radius 2 is 1.86 bits per heavy atom. The van der Waals surface area contributed by atoms with Gasteiger partial charge in [-0.1, -0.05) is 48.5 Å². The first-order valence-corrected chi connectivity index (χ1v) is 10.9. The molecule has 2 heterocycles. The maximum absolute atomic E-state index is 12.6. The summed E-state index contributed by atoms with van der Waals surface area (Å²) in [5, 5.41) is 3.72. The van der Waals surface area contributed by atoms with Crippen LogP contribution in [0.5, 0.6) is 0 Å². The second-order valence-corrected chi connectivity index (χ2v) is 8.32. The fourth-order valence-electron chi connectivity index (χ4n) is 3.64. The zero-order chi connectivity index (χ0) is 20.1. The van der Waals surface area contributed by atoms with E-state index in [-0.39, 0.29) is 5.91 Å². The smallest absolute Gasteiger partial charge is 0.245 e. The lowest BCUT2D eigenvalue weighted by Gasteiger charge is -2.25. The third-order valence-electron chi connectivity index (χ3n) is 5.14. The number of carbonyl (C=O) groups excluding carboxylic acids is 1. The molecule has 2 aromatic carbocycles. The van der Waals surface area contributed by atoms with Gasteiger partial charge in [0.1, 0.15) is 0 Å². The second kappa shape index (κ2) is 9.20. The molecule has 3 aromatic rings. The number of fused-ring (bicyclic) bond motifs is 1. The molecule has 0 fully saturated rings. The Morgan fingerprint density at radius 1 is 1.14 bits per heavy atom. The summed E-state index contributed by atoms with van der Waals surface area (Å²) >= 11 is 1.61. The molecule has 0 spiro atoms. The summed E-state index contributed by atoms with van der Waals surface area (Å²) in [4.78, 5) is 23.0. The standard InChI is InChI=1S/C23H26N4OS/c1-2-27(19-11-7-4-8-12-19)17-22(28)25-23-24-20-13-14-26(16-21(20)29-23)15-18-9-5-3-6-10-18/h3-12H,2,13-17H2,1H3,(H,24,25,28). The quantitative estimate of drug-likeness (QED) is 0.640. The average molecular weight is 407 g/mol. The molecular weight excluding hydrogens is 380 g/mol. The molecule has 0 saturated heterocycles. The molecule has 0 saturated carbocycles. The van der Waals surface area contributed by atoms with E-state index in [0.717, 1.165) is 44.0 Å². The number of likely N-dealkylation sites (N-methyl/N-ethyl adjacent to an activating group) is 1. The minimum Gasteiger partial charge on any atom is -0.362 e. The SMILES string of the molecule is CCN(CC(=O)Nc1nc2c(s1)CN(Cc1ccccc1)CC2)c1ccccc1. The molecule has 150 valence electrons. The van der Waals surface area contributed by atoms with E-state index in [9.17, 15) is 4.79 Å². The van der Waals surface area contributed by atoms with Gasteiger partial charge in [-0.15, -0.1) is 11.3 Å². The Labute approximate surface area is 176 Å². The van der Waals surface area contributed by atoms with Crippen molar-refractivity contribution >= 4 is 28.1 Å². The summed E-state index contributed by atoms with van der Waals surface area (Å²) in [5.41, 5.74) is 3.51. The van der Waals surface area contributed by atoms with Gasteiger partial charge in [0.05, 0.1) is 12.2 Å². The van der Waals surface area contributed by atoms with E-state index < -0.39 is 0 Å². The number of anilines is 2. The van der Waals surface area contributed by atoms with E-state index in [2.05, 4.69) is 51.3 Å². The van der Waals surface area contributed by atoms with Crippen molar-refractivity contribution in [3.05, 3.63) is 76.8 Å². The minimum atomic E-state index is -0.0251. The molecule has 1 aliphatic rings. The number of benzene rings is 2. The Kier molecular flexibility index (Phi) is 6.22. The van der Waals surface area contributed by atoms with Crippen LogP contribution in [0.4, 0.5) is 10.8 Å². The molecule has 0 bridgehead atoms. The zero-order valence-electron chi connectivity index (χ0n) is 16.7. The van der Waals surface area contributed by atoms with Crippen molar-refractivity contribution in [2.24, 2.45) is 0 Å². The Morgan fingerprint density at radius 3 is 2.59 bits per heavy atom. The van der Waals surface area contributed by atoms with E-state index in [1.54, 1.807) is 11.3 Å². The molecule has 0 unspecified atom stereocenters. The molecule has 1 amide bonds. The molecule has 4 rings (SSSR count). The highest BCUT2D eigenvalue weighted by atomic mass is 32.1. The first-order chi connectivity index (χ1) is 14.2. The van der Waals surface area contributed by atoms with E-state index >= 15 is 0 Å². The van der Waals surface area contributed by atoms with Gasteiger partial charge in [-0.2, -0.15) is 0 Å². The van der Waals surface area contributed by atoms with Crippen LogP contribution in [0, 0.1) is 0 Å². The summed E-state index contributed by atoms with van der Waals surface area (Å²) in [6, 6.07) is 20.6. The molecular formula is C23H26N4OS. The van der Waals surface area contributed by atoms with Crippen molar-refractivity contribution in [3.8, 4) is 0 Å². The maximum Gasteiger partial charge on any atom is 0.245 e. The highest BCUT2D eigenvalue weighted by Gasteiger charge is 2.21. The molecule has 1 N–H and O–H groups in total. The lowest BCUT2D eigenvalue weighted by molar-refractivity contribution is -0.115. The van der Waals surface area contributed by atoms with Gasteiger partial charge in [0.25, 0.3) is 0 Å². The number of hydrogen-bond donors (Lipinski definition) is 1. The Bertz CT molecular complexity index is 942. The summed E-state index contributed by atoms with van der Waals surface area (Å²) in [6.07, 6.45) is 0.930. The average Bonchev–Trinajstić information content (AvgIpc) is 3.14. The van der Waals surface area contributed by atoms with E-state index in [1.165, 1.54) is 10.4 Å². The number of aromatic nitrogens is 1. The predicted octanol–water partition coefficient (Wildman–Crippen LogP) is 4.17. The summed E-state index contributed by atoms with van der Waals surface area (Å²) in [5.74, 6) is -0.0251. The number of para-hydroxylation sites is 1. The van der Waals surface area contributed by atoms with Crippen LogP contribution in [0.25, 0.3) is 0 Å². The topological polar surface area (TPSA) is 48.5 Å². The van der Waals surface area contributed by atoms with Gasteiger partial charge in [0.2, 0.25) is 5.91 Å². The summed E-state index contributed by atoms with van der Waals surface area (Å²) in [7, 11) is 0. The molecule has 0 atom stereocenters. The molecule has 0 radical (unpaired) electrons. The number of carbonyl (C=O) groups is 1. The Hall–Kier alpha value is -2.70. The molecule has 29 heavy (non-hydrogen) atoms. The highest BCUT2D eigenvalue weighted by Crippen LogP contribution is 2.29. The highest BCUT2D eigenvalue weighted by molar-refractivity contribution is 7.15. The second-order valence-electron chi connectivity index (χ2n) is 7.23. The number of rotatable bonds is 7.